The minimum Gasteiger partial charge on any atom is -0.497 e. The van der Waals surface area contributed by atoms with Crippen molar-refractivity contribution in [1.82, 2.24) is 19.7 Å². The number of aromatic nitrogens is 1. The number of pyridine rings is 1. The molecule has 3 aliphatic rings. The number of piperazine rings is 1. The van der Waals surface area contributed by atoms with Gasteiger partial charge in [-0.3, -0.25) is 9.69 Å². The molecule has 2 amide bonds. The van der Waals surface area contributed by atoms with Crippen molar-refractivity contribution in [1.29, 1.82) is 0 Å². The first-order chi connectivity index (χ1) is 24.6. The summed E-state index contributed by atoms with van der Waals surface area (Å²) in [6, 6.07) is 12.7. The standard InChI is InChI=1S/C37H45N5O8S/c1-6-33(28-12-10-26(47-4)23-32(28)48-5)51(45,46)27-11-13-31-30(24-27)37(35(43)39-31,29-9-8-16-38-34(29)49-7-2)50-36(44)42-17-14-25(15-18-42)41-21-19-40(3)20-22-41/h6,8-13,16,23-25,33H,1,7,14-15,17-22H2,2-5H3,(H,39,43). The maximum Gasteiger partial charge on any atom is 0.411 e. The Bertz CT molecular complexity index is 1890. The van der Waals surface area contributed by atoms with E-state index in [-0.39, 0.29) is 28.5 Å². The first-order valence-electron chi connectivity index (χ1n) is 17.1. The number of sulfone groups is 1. The third kappa shape index (κ3) is 6.75. The van der Waals surface area contributed by atoms with Crippen molar-refractivity contribution >= 4 is 27.5 Å². The number of fused-ring (bicyclic) bond motifs is 1. The Hall–Kier alpha value is -4.66. The molecular weight excluding hydrogens is 675 g/mol. The van der Waals surface area contributed by atoms with Gasteiger partial charge >= 0.3 is 6.09 Å². The molecule has 1 N–H and O–H groups in total. The molecule has 272 valence electrons. The van der Waals surface area contributed by atoms with Gasteiger partial charge < -0.3 is 34.1 Å². The summed E-state index contributed by atoms with van der Waals surface area (Å²) < 4.78 is 51.8. The lowest BCUT2D eigenvalue weighted by Crippen LogP contribution is -2.53. The van der Waals surface area contributed by atoms with E-state index in [4.69, 9.17) is 18.9 Å². The van der Waals surface area contributed by atoms with Gasteiger partial charge in [-0.15, -0.1) is 6.58 Å². The predicted molar refractivity (Wildman–Crippen MR) is 191 cm³/mol. The SMILES string of the molecule is C=CC(c1ccc(OC)cc1OC)S(=O)(=O)c1ccc2c(c1)C(OC(=O)N1CCC(N3CCN(C)CC3)CC1)(c1cccnc1OCC)C(=O)N2. The minimum atomic E-state index is -4.20. The number of carbonyl (C=O) groups excluding carboxylic acids is 2. The van der Waals surface area contributed by atoms with Crippen LogP contribution in [0, 0.1) is 0 Å². The highest BCUT2D eigenvalue weighted by Gasteiger charge is 2.55. The lowest BCUT2D eigenvalue weighted by atomic mass is 9.87. The van der Waals surface area contributed by atoms with Crippen LogP contribution >= 0.6 is 0 Å². The van der Waals surface area contributed by atoms with Crippen molar-refractivity contribution in [2.45, 2.75) is 41.6 Å². The van der Waals surface area contributed by atoms with Crippen LogP contribution in [-0.4, -0.2) is 113 Å². The highest BCUT2D eigenvalue weighted by molar-refractivity contribution is 7.91. The maximum absolute atomic E-state index is 14.4. The Labute approximate surface area is 299 Å². The molecule has 0 radical (unpaired) electrons. The largest absolute Gasteiger partial charge is 0.497 e. The molecule has 6 rings (SSSR count). The Morgan fingerprint density at radius 2 is 1.78 bits per heavy atom. The second kappa shape index (κ2) is 14.9. The number of likely N-dealkylation sites (tertiary alicyclic amines) is 1. The summed E-state index contributed by atoms with van der Waals surface area (Å²) in [5, 5.41) is 1.60. The van der Waals surface area contributed by atoms with Crippen LogP contribution < -0.4 is 19.5 Å². The second-order valence-electron chi connectivity index (χ2n) is 12.9. The maximum atomic E-state index is 14.4. The zero-order valence-electron chi connectivity index (χ0n) is 29.5. The van der Waals surface area contributed by atoms with Gasteiger partial charge in [-0.2, -0.15) is 0 Å². The Balaban J connectivity index is 1.38. The number of likely N-dealkylation sites (N-methyl/N-ethyl adjacent to an activating group) is 1. The third-order valence-electron chi connectivity index (χ3n) is 10.0. The first kappa shape index (κ1) is 36.1. The Morgan fingerprint density at radius 3 is 2.45 bits per heavy atom. The molecular formula is C37H45N5O8S. The van der Waals surface area contributed by atoms with Crippen molar-refractivity contribution in [2.75, 3.05) is 72.5 Å². The van der Waals surface area contributed by atoms with Gasteiger partial charge in [0.1, 0.15) is 16.7 Å². The van der Waals surface area contributed by atoms with E-state index in [2.05, 4.69) is 33.7 Å². The van der Waals surface area contributed by atoms with Gasteiger partial charge in [0.15, 0.2) is 9.84 Å². The summed E-state index contributed by atoms with van der Waals surface area (Å²) in [5.41, 5.74) is -1.13. The smallest absolute Gasteiger partial charge is 0.411 e. The number of amides is 2. The van der Waals surface area contributed by atoms with Gasteiger partial charge in [-0.25, -0.2) is 18.2 Å². The molecule has 2 atom stereocenters. The van der Waals surface area contributed by atoms with E-state index >= 15 is 0 Å². The lowest BCUT2D eigenvalue weighted by molar-refractivity contribution is -0.131. The van der Waals surface area contributed by atoms with Gasteiger partial charge in [-0.1, -0.05) is 6.08 Å². The highest BCUT2D eigenvalue weighted by atomic mass is 32.2. The number of carbonyl (C=O) groups is 2. The van der Waals surface area contributed by atoms with Crippen LogP contribution in [0.15, 0.2) is 72.3 Å². The molecule has 0 bridgehead atoms. The summed E-state index contributed by atoms with van der Waals surface area (Å²) >= 11 is 0. The Kier molecular flexibility index (Phi) is 10.6. The van der Waals surface area contributed by atoms with Crippen LogP contribution in [0.3, 0.4) is 0 Å². The normalized spacial score (nSPS) is 20.6. The van der Waals surface area contributed by atoms with Crippen LogP contribution in [0.5, 0.6) is 17.4 Å². The fourth-order valence-electron chi connectivity index (χ4n) is 7.18. The van der Waals surface area contributed by atoms with Crippen molar-refractivity contribution < 1.29 is 37.0 Å². The first-order valence-corrected chi connectivity index (χ1v) is 18.6. The molecule has 14 heteroatoms. The van der Waals surface area contributed by atoms with E-state index in [0.29, 0.717) is 41.9 Å². The van der Waals surface area contributed by atoms with Crippen molar-refractivity contribution in [2.24, 2.45) is 0 Å². The van der Waals surface area contributed by atoms with Crippen molar-refractivity contribution in [3.8, 4) is 17.4 Å². The number of hydrogen-bond donors (Lipinski definition) is 1. The fraction of sp³-hybridized carbons (Fsp3) is 0.432. The van der Waals surface area contributed by atoms with Gasteiger partial charge in [0.2, 0.25) is 11.5 Å². The number of piperidine rings is 1. The molecule has 2 saturated heterocycles. The van der Waals surface area contributed by atoms with Gasteiger partial charge in [0, 0.05) is 74.4 Å². The third-order valence-corrected chi connectivity index (χ3v) is 12.0. The van der Waals surface area contributed by atoms with Crippen molar-refractivity contribution in [3.05, 3.63) is 84.1 Å². The van der Waals surface area contributed by atoms with Crippen LogP contribution in [0.25, 0.3) is 0 Å². The number of hydrogen-bond acceptors (Lipinski definition) is 11. The zero-order valence-corrected chi connectivity index (χ0v) is 30.3. The number of nitrogens with zero attached hydrogens (tertiary/aromatic N) is 4. The molecule has 3 aromatic rings. The average Bonchev–Trinajstić information content (AvgIpc) is 3.42. The topological polar surface area (TPSA) is 140 Å². The quantitative estimate of drug-likeness (QED) is 0.285. The second-order valence-corrected chi connectivity index (χ2v) is 14.9. The van der Waals surface area contributed by atoms with E-state index in [0.717, 1.165) is 39.0 Å². The number of benzene rings is 2. The van der Waals surface area contributed by atoms with Crippen LogP contribution in [-0.2, 0) is 25.0 Å². The number of rotatable bonds is 11. The van der Waals surface area contributed by atoms with E-state index in [1.807, 2.05) is 0 Å². The molecule has 0 spiro atoms. The van der Waals surface area contributed by atoms with Crippen LogP contribution in [0.4, 0.5) is 10.5 Å². The summed E-state index contributed by atoms with van der Waals surface area (Å²) in [4.78, 5) is 39.0. The van der Waals surface area contributed by atoms with E-state index in [1.54, 1.807) is 42.2 Å². The lowest BCUT2D eigenvalue weighted by Gasteiger charge is -2.42. The minimum absolute atomic E-state index is 0.0878. The average molecular weight is 720 g/mol. The predicted octanol–water partition coefficient (Wildman–Crippen LogP) is 4.24. The molecule has 51 heavy (non-hydrogen) atoms. The fourth-order valence-corrected chi connectivity index (χ4v) is 8.80. The monoisotopic (exact) mass is 719 g/mol. The summed E-state index contributed by atoms with van der Waals surface area (Å²) in [5.74, 6) is 0.218. The summed E-state index contributed by atoms with van der Waals surface area (Å²) in [6.07, 6.45) is 3.68. The zero-order chi connectivity index (χ0) is 36.3. The van der Waals surface area contributed by atoms with E-state index < -0.39 is 32.7 Å². The van der Waals surface area contributed by atoms with Gasteiger partial charge in [-0.05, 0) is 69.3 Å². The van der Waals surface area contributed by atoms with Crippen LogP contribution in [0.1, 0.15) is 41.7 Å². The molecule has 13 nitrogen and oxygen atoms in total. The van der Waals surface area contributed by atoms with Gasteiger partial charge in [0.25, 0.3) is 5.91 Å². The molecule has 3 aliphatic heterocycles. The number of nitrogens with one attached hydrogen (secondary N) is 1. The molecule has 1 aromatic heterocycles. The van der Waals surface area contributed by atoms with Crippen molar-refractivity contribution in [3.63, 3.8) is 0 Å². The summed E-state index contributed by atoms with van der Waals surface area (Å²) in [7, 11) is 0.869. The van der Waals surface area contributed by atoms with Crippen LogP contribution in [0.2, 0.25) is 0 Å². The van der Waals surface area contributed by atoms with E-state index in [1.165, 1.54) is 44.7 Å². The molecule has 0 saturated carbocycles. The molecule has 2 unspecified atom stereocenters. The Morgan fingerprint density at radius 1 is 1.04 bits per heavy atom. The number of methoxy groups -OCH3 is 2. The molecule has 2 aromatic carbocycles. The molecule has 0 aliphatic carbocycles. The molecule has 2 fully saturated rings. The number of ether oxygens (including phenoxy) is 4. The summed E-state index contributed by atoms with van der Waals surface area (Å²) in [6.45, 7) is 10.7. The number of anilines is 1. The molecule has 4 heterocycles. The van der Waals surface area contributed by atoms with Gasteiger partial charge in [0.05, 0.1) is 31.3 Å². The highest BCUT2D eigenvalue weighted by Crippen LogP contribution is 2.48. The van der Waals surface area contributed by atoms with E-state index in [9.17, 15) is 18.0 Å².